The first-order chi connectivity index (χ1) is 18.8. The van der Waals surface area contributed by atoms with Crippen LogP contribution in [0, 0.1) is 0 Å². The van der Waals surface area contributed by atoms with Gasteiger partial charge >= 0.3 is 0 Å². The number of hydrogen-bond acceptors (Lipinski definition) is 7. The van der Waals surface area contributed by atoms with Crippen LogP contribution in [-0.4, -0.2) is 49.7 Å². The summed E-state index contributed by atoms with van der Waals surface area (Å²) in [5.74, 6) is 1.71. The van der Waals surface area contributed by atoms with Gasteiger partial charge in [0.15, 0.2) is 0 Å². The molecule has 1 aromatic heterocycles. The summed E-state index contributed by atoms with van der Waals surface area (Å²) in [7, 11) is 0. The molecule has 0 radical (unpaired) electrons. The zero-order chi connectivity index (χ0) is 26.3. The van der Waals surface area contributed by atoms with Crippen LogP contribution in [0.5, 0.6) is 17.5 Å². The van der Waals surface area contributed by atoms with Gasteiger partial charge in [0.1, 0.15) is 25.6 Å². The van der Waals surface area contributed by atoms with Crippen molar-refractivity contribution in [1.29, 1.82) is 0 Å². The molecule has 38 heavy (non-hydrogen) atoms. The first kappa shape index (κ1) is 27.1. The molecule has 1 heterocycles. The van der Waals surface area contributed by atoms with Crippen molar-refractivity contribution in [3.05, 3.63) is 108 Å². The molecule has 0 aliphatic rings. The third-order valence-electron chi connectivity index (χ3n) is 5.53. The highest BCUT2D eigenvalue weighted by Crippen LogP contribution is 2.33. The van der Waals surface area contributed by atoms with E-state index in [9.17, 15) is 0 Å². The van der Waals surface area contributed by atoms with Crippen LogP contribution in [0.15, 0.2) is 97.1 Å². The minimum Gasteiger partial charge on any atom is -0.491 e. The third-order valence-corrected chi connectivity index (χ3v) is 5.53. The van der Waals surface area contributed by atoms with Crippen LogP contribution in [0.3, 0.4) is 0 Å². The van der Waals surface area contributed by atoms with E-state index in [2.05, 4.69) is 0 Å². The Balaban J connectivity index is 1.42. The number of aromatic nitrogens is 1. The van der Waals surface area contributed by atoms with Gasteiger partial charge in [0, 0.05) is 11.6 Å². The fraction of sp³-hybridized carbons (Fsp3) is 0.258. The van der Waals surface area contributed by atoms with Crippen LogP contribution in [0.25, 0.3) is 11.1 Å². The van der Waals surface area contributed by atoms with Crippen molar-refractivity contribution >= 4 is 0 Å². The van der Waals surface area contributed by atoms with Gasteiger partial charge in [0.05, 0.1) is 33.0 Å². The van der Waals surface area contributed by atoms with Crippen LogP contribution in [-0.2, 0) is 22.7 Å². The molecule has 0 unspecified atom stereocenters. The Morgan fingerprint density at radius 3 is 1.95 bits per heavy atom. The molecule has 0 amide bonds. The average molecular weight is 516 g/mol. The van der Waals surface area contributed by atoms with Crippen molar-refractivity contribution < 1.29 is 28.8 Å². The molecule has 0 fully saturated rings. The van der Waals surface area contributed by atoms with Crippen molar-refractivity contribution in [2.24, 2.45) is 0 Å². The number of ether oxygens (including phenoxy) is 5. The molecule has 0 saturated heterocycles. The maximum atomic E-state index is 8.71. The first-order valence-electron chi connectivity index (χ1n) is 12.7. The van der Waals surface area contributed by atoms with Gasteiger partial charge in [-0.15, -0.1) is 0 Å². The number of nitrogens with zero attached hydrogens (tertiary/aromatic N) is 1. The molecule has 0 bridgehead atoms. The van der Waals surface area contributed by atoms with Gasteiger partial charge in [0.2, 0.25) is 11.8 Å². The van der Waals surface area contributed by atoms with Gasteiger partial charge in [-0.25, -0.2) is 0 Å². The molecular formula is C31H33NO6. The molecule has 4 aromatic rings. The van der Waals surface area contributed by atoms with Gasteiger partial charge in [-0.05, 0) is 34.9 Å². The van der Waals surface area contributed by atoms with E-state index >= 15 is 0 Å². The van der Waals surface area contributed by atoms with E-state index in [1.54, 1.807) is 0 Å². The van der Waals surface area contributed by atoms with Gasteiger partial charge < -0.3 is 28.8 Å². The summed E-state index contributed by atoms with van der Waals surface area (Å²) in [5, 5.41) is 8.71. The monoisotopic (exact) mass is 515 g/mol. The van der Waals surface area contributed by atoms with Crippen molar-refractivity contribution in [3.8, 4) is 28.6 Å². The minimum atomic E-state index is 0.0113. The summed E-state index contributed by atoms with van der Waals surface area (Å²) in [4.78, 5) is 4.69. The number of benzene rings is 3. The summed E-state index contributed by atoms with van der Waals surface area (Å²) in [5.41, 5.74) is 3.88. The smallest absolute Gasteiger partial charge is 0.225 e. The van der Waals surface area contributed by atoms with Gasteiger partial charge in [-0.3, -0.25) is 0 Å². The molecule has 0 aliphatic heterocycles. The highest BCUT2D eigenvalue weighted by molar-refractivity contribution is 5.70. The van der Waals surface area contributed by atoms with Gasteiger partial charge in [0.25, 0.3) is 0 Å². The van der Waals surface area contributed by atoms with Crippen molar-refractivity contribution in [3.63, 3.8) is 0 Å². The second-order valence-corrected chi connectivity index (χ2v) is 8.38. The number of pyridine rings is 1. The van der Waals surface area contributed by atoms with E-state index in [1.165, 1.54) is 0 Å². The van der Waals surface area contributed by atoms with Crippen LogP contribution < -0.4 is 14.2 Å². The highest BCUT2D eigenvalue weighted by Gasteiger charge is 2.12. The average Bonchev–Trinajstić information content (AvgIpc) is 2.97. The molecular weight excluding hydrogens is 482 g/mol. The molecule has 7 nitrogen and oxygen atoms in total. The molecule has 7 heteroatoms. The van der Waals surface area contributed by atoms with E-state index < -0.39 is 0 Å². The molecule has 1 N–H and O–H groups in total. The normalized spacial score (nSPS) is 10.8. The predicted molar refractivity (Wildman–Crippen MR) is 145 cm³/mol. The highest BCUT2D eigenvalue weighted by atomic mass is 16.5. The molecule has 0 saturated carbocycles. The maximum Gasteiger partial charge on any atom is 0.225 e. The predicted octanol–water partition coefficient (Wildman–Crippen LogP) is 5.31. The van der Waals surface area contributed by atoms with Gasteiger partial charge in [-0.1, -0.05) is 72.8 Å². The standard InChI is InChI=1S/C31H33NO6/c33-16-17-34-18-19-35-20-21-36-28-13-7-12-27(22-28)29-14-15-30(37-23-25-8-3-1-4-9-25)32-31(29)38-24-26-10-5-2-6-11-26/h1-15,22,33H,16-21,23-24H2. The van der Waals surface area contributed by atoms with Crippen molar-refractivity contribution in [1.82, 2.24) is 4.98 Å². The fourth-order valence-corrected chi connectivity index (χ4v) is 3.65. The maximum absolute atomic E-state index is 8.71. The molecule has 3 aromatic carbocycles. The quantitative estimate of drug-likeness (QED) is 0.203. The SMILES string of the molecule is OCCOCCOCCOc1cccc(-c2ccc(OCc3ccccc3)nc2OCc2ccccc2)c1. The van der Waals surface area contributed by atoms with Crippen LogP contribution in [0.1, 0.15) is 11.1 Å². The Hall–Kier alpha value is -3.91. The summed E-state index contributed by atoms with van der Waals surface area (Å²) in [6, 6.07) is 31.6. The zero-order valence-electron chi connectivity index (χ0n) is 21.3. The first-order valence-corrected chi connectivity index (χ1v) is 12.7. The second kappa shape index (κ2) is 15.4. The number of rotatable bonds is 16. The number of aliphatic hydroxyl groups excluding tert-OH is 1. The van der Waals surface area contributed by atoms with E-state index in [-0.39, 0.29) is 6.61 Å². The van der Waals surface area contributed by atoms with Gasteiger partial charge in [-0.2, -0.15) is 4.98 Å². The summed E-state index contributed by atoms with van der Waals surface area (Å²) < 4.78 is 28.7. The van der Waals surface area contributed by atoms with E-state index in [1.807, 2.05) is 97.1 Å². The molecule has 198 valence electrons. The summed E-state index contributed by atoms with van der Waals surface area (Å²) in [6.07, 6.45) is 0. The lowest BCUT2D eigenvalue weighted by atomic mass is 10.1. The summed E-state index contributed by atoms with van der Waals surface area (Å²) in [6.45, 7) is 2.88. The van der Waals surface area contributed by atoms with E-state index in [0.717, 1.165) is 28.0 Å². The van der Waals surface area contributed by atoms with E-state index in [0.29, 0.717) is 58.0 Å². The van der Waals surface area contributed by atoms with Crippen molar-refractivity contribution in [2.75, 3.05) is 39.6 Å². The molecule has 4 rings (SSSR count). The second-order valence-electron chi connectivity index (χ2n) is 8.38. The molecule has 0 atom stereocenters. The van der Waals surface area contributed by atoms with Crippen LogP contribution in [0.2, 0.25) is 0 Å². The number of hydrogen-bond donors (Lipinski definition) is 1. The van der Waals surface area contributed by atoms with E-state index in [4.69, 9.17) is 33.8 Å². The fourth-order valence-electron chi connectivity index (χ4n) is 3.65. The third kappa shape index (κ3) is 8.88. The Morgan fingerprint density at radius 2 is 1.24 bits per heavy atom. The lowest BCUT2D eigenvalue weighted by Gasteiger charge is -2.14. The lowest BCUT2D eigenvalue weighted by molar-refractivity contribution is 0.0247. The van der Waals surface area contributed by atoms with Crippen molar-refractivity contribution in [2.45, 2.75) is 13.2 Å². The summed E-state index contributed by atoms with van der Waals surface area (Å²) >= 11 is 0. The minimum absolute atomic E-state index is 0.0113. The Kier molecular flexibility index (Phi) is 11.0. The lowest BCUT2D eigenvalue weighted by Crippen LogP contribution is -2.11. The molecule has 0 spiro atoms. The molecule has 0 aliphatic carbocycles. The number of aliphatic hydroxyl groups is 1. The zero-order valence-corrected chi connectivity index (χ0v) is 21.3. The Morgan fingerprint density at radius 1 is 0.579 bits per heavy atom. The Labute approximate surface area is 223 Å². The largest absolute Gasteiger partial charge is 0.491 e. The topological polar surface area (TPSA) is 79.3 Å². The van der Waals surface area contributed by atoms with Crippen LogP contribution in [0.4, 0.5) is 0 Å². The van der Waals surface area contributed by atoms with Crippen LogP contribution >= 0.6 is 0 Å². The Bertz CT molecular complexity index is 1220.